The van der Waals surface area contributed by atoms with Gasteiger partial charge in [0.25, 0.3) is 0 Å². The lowest BCUT2D eigenvalue weighted by atomic mass is 9.90. The van der Waals surface area contributed by atoms with Crippen molar-refractivity contribution in [2.45, 2.75) is 18.4 Å². The largest absolute Gasteiger partial charge is 0.508 e. The molecule has 33 heavy (non-hydrogen) atoms. The number of phenols is 1. The molecule has 0 bridgehead atoms. The molecular weight excluding hydrogens is 440 g/mol. The Labute approximate surface area is 195 Å². The maximum atomic E-state index is 11.9. The molecular formula is C24H26N4O4S. The molecule has 2 aromatic heterocycles. The Bertz CT molecular complexity index is 1200. The van der Waals surface area contributed by atoms with Crippen LogP contribution in [0.25, 0.3) is 21.6 Å². The number of nitrogens with zero attached hydrogens (tertiary/aromatic N) is 4. The molecule has 0 saturated carbocycles. The predicted molar refractivity (Wildman–Crippen MR) is 127 cm³/mol. The van der Waals surface area contributed by atoms with Crippen LogP contribution in [-0.2, 0) is 15.1 Å². The van der Waals surface area contributed by atoms with Gasteiger partial charge in [-0.3, -0.25) is 4.79 Å². The Morgan fingerprint density at radius 2 is 1.91 bits per heavy atom. The van der Waals surface area contributed by atoms with Gasteiger partial charge in [0.1, 0.15) is 11.4 Å². The third-order valence-corrected chi connectivity index (χ3v) is 7.62. The molecule has 0 atom stereocenters. The molecule has 0 spiro atoms. The van der Waals surface area contributed by atoms with E-state index in [0.717, 1.165) is 39.6 Å². The fourth-order valence-corrected chi connectivity index (χ4v) is 5.64. The van der Waals surface area contributed by atoms with Crippen LogP contribution in [0.4, 0.5) is 5.82 Å². The third-order valence-electron chi connectivity index (χ3n) is 6.30. The summed E-state index contributed by atoms with van der Waals surface area (Å²) in [7, 11) is 0. The molecule has 3 aromatic rings. The normalized spacial score (nSPS) is 18.5. The van der Waals surface area contributed by atoms with Crippen molar-refractivity contribution >= 4 is 33.3 Å². The van der Waals surface area contributed by atoms with Gasteiger partial charge in [0, 0.05) is 36.6 Å². The SMILES string of the molecule is C=CC(=O)N1CCC(O)(c2cc3nc(-c4cccc(O)c4)nc(N4CCOCC4)c3s2)CC1. The number of thiophene rings is 1. The van der Waals surface area contributed by atoms with Crippen molar-refractivity contribution in [3.63, 3.8) is 0 Å². The summed E-state index contributed by atoms with van der Waals surface area (Å²) in [6, 6.07) is 8.86. The van der Waals surface area contributed by atoms with E-state index in [-0.39, 0.29) is 11.7 Å². The molecule has 9 heteroatoms. The van der Waals surface area contributed by atoms with Gasteiger partial charge in [-0.25, -0.2) is 9.97 Å². The van der Waals surface area contributed by atoms with Gasteiger partial charge in [0.15, 0.2) is 11.6 Å². The van der Waals surface area contributed by atoms with E-state index in [4.69, 9.17) is 14.7 Å². The second-order valence-corrected chi connectivity index (χ2v) is 9.46. The van der Waals surface area contributed by atoms with Crippen LogP contribution in [0.5, 0.6) is 5.75 Å². The molecule has 8 nitrogen and oxygen atoms in total. The molecule has 2 saturated heterocycles. The number of fused-ring (bicyclic) bond motifs is 1. The molecule has 0 unspecified atom stereocenters. The number of hydrogen-bond donors (Lipinski definition) is 2. The van der Waals surface area contributed by atoms with E-state index in [1.165, 1.54) is 17.4 Å². The number of anilines is 1. The number of likely N-dealkylation sites (tertiary alicyclic amines) is 1. The number of rotatable bonds is 4. The van der Waals surface area contributed by atoms with Crippen molar-refractivity contribution in [3.05, 3.63) is 47.9 Å². The van der Waals surface area contributed by atoms with E-state index < -0.39 is 5.60 Å². The lowest BCUT2D eigenvalue weighted by Gasteiger charge is -2.37. The summed E-state index contributed by atoms with van der Waals surface area (Å²) in [5, 5.41) is 21.4. The summed E-state index contributed by atoms with van der Waals surface area (Å²) >= 11 is 1.51. The fourth-order valence-electron chi connectivity index (χ4n) is 4.38. The van der Waals surface area contributed by atoms with Crippen LogP contribution in [0.15, 0.2) is 43.0 Å². The van der Waals surface area contributed by atoms with Crippen molar-refractivity contribution < 1.29 is 19.7 Å². The van der Waals surface area contributed by atoms with Crippen LogP contribution >= 0.6 is 11.3 Å². The number of benzene rings is 1. The van der Waals surface area contributed by atoms with Gasteiger partial charge >= 0.3 is 0 Å². The number of phenolic OH excluding ortho intramolecular Hbond substituents is 1. The van der Waals surface area contributed by atoms with Crippen LogP contribution in [0.2, 0.25) is 0 Å². The van der Waals surface area contributed by atoms with E-state index in [2.05, 4.69) is 11.5 Å². The minimum Gasteiger partial charge on any atom is -0.508 e. The summed E-state index contributed by atoms with van der Waals surface area (Å²) in [5.41, 5.74) is 0.480. The maximum absolute atomic E-state index is 11.9. The highest BCUT2D eigenvalue weighted by Gasteiger charge is 2.37. The number of hydrogen-bond acceptors (Lipinski definition) is 8. The molecule has 2 aliphatic heterocycles. The number of amides is 1. The highest BCUT2D eigenvalue weighted by Crippen LogP contribution is 2.42. The van der Waals surface area contributed by atoms with Crippen molar-refractivity contribution in [3.8, 4) is 17.1 Å². The average Bonchev–Trinajstić information content (AvgIpc) is 3.29. The summed E-state index contributed by atoms with van der Waals surface area (Å²) in [6.07, 6.45) is 2.23. The van der Waals surface area contributed by atoms with E-state index in [0.29, 0.717) is 45.0 Å². The van der Waals surface area contributed by atoms with Crippen LogP contribution in [0.3, 0.4) is 0 Å². The van der Waals surface area contributed by atoms with Crippen molar-refractivity contribution in [1.29, 1.82) is 0 Å². The zero-order valence-electron chi connectivity index (χ0n) is 18.2. The molecule has 0 aliphatic carbocycles. The predicted octanol–water partition coefficient (Wildman–Crippen LogP) is 2.90. The highest BCUT2D eigenvalue weighted by atomic mass is 32.1. The average molecular weight is 467 g/mol. The molecule has 4 heterocycles. The molecule has 1 amide bonds. The first-order chi connectivity index (χ1) is 16.0. The standard InChI is InChI=1S/C24H26N4O4S/c1-2-20(30)27-8-6-24(31,7-9-27)19-15-18-21(33-19)23(28-10-12-32-13-11-28)26-22(25-18)16-4-3-5-17(29)14-16/h2-5,14-15,29,31H,1,6-13H2. The van der Waals surface area contributed by atoms with Crippen LogP contribution in [0, 0.1) is 0 Å². The second kappa shape index (κ2) is 8.74. The first-order valence-corrected chi connectivity index (χ1v) is 11.9. The third kappa shape index (κ3) is 4.19. The first kappa shape index (κ1) is 21.8. The summed E-state index contributed by atoms with van der Waals surface area (Å²) in [6.45, 7) is 7.21. The Kier molecular flexibility index (Phi) is 5.77. The quantitative estimate of drug-likeness (QED) is 0.571. The monoisotopic (exact) mass is 466 g/mol. The van der Waals surface area contributed by atoms with E-state index >= 15 is 0 Å². The van der Waals surface area contributed by atoms with E-state index in [1.807, 2.05) is 12.1 Å². The van der Waals surface area contributed by atoms with Crippen LogP contribution < -0.4 is 4.90 Å². The second-order valence-electron chi connectivity index (χ2n) is 8.41. The lowest BCUT2D eigenvalue weighted by molar-refractivity contribution is -0.130. The van der Waals surface area contributed by atoms with Gasteiger partial charge in [-0.2, -0.15) is 0 Å². The molecule has 172 valence electrons. The smallest absolute Gasteiger partial charge is 0.245 e. The van der Waals surface area contributed by atoms with Gasteiger partial charge in [0.05, 0.1) is 23.4 Å². The minimum atomic E-state index is -1.02. The molecule has 5 rings (SSSR count). The lowest BCUT2D eigenvalue weighted by Crippen LogP contribution is -2.44. The van der Waals surface area contributed by atoms with Gasteiger partial charge in [-0.05, 0) is 37.1 Å². The number of morpholine rings is 1. The van der Waals surface area contributed by atoms with Crippen LogP contribution in [-0.4, -0.2) is 70.4 Å². The van der Waals surface area contributed by atoms with Crippen LogP contribution in [0.1, 0.15) is 17.7 Å². The number of aromatic nitrogens is 2. The van der Waals surface area contributed by atoms with E-state index in [1.54, 1.807) is 23.1 Å². The molecule has 2 fully saturated rings. The summed E-state index contributed by atoms with van der Waals surface area (Å²) in [4.78, 5) is 26.4. The number of aliphatic hydroxyl groups is 1. The summed E-state index contributed by atoms with van der Waals surface area (Å²) in [5.74, 6) is 1.40. The highest BCUT2D eigenvalue weighted by molar-refractivity contribution is 7.19. The molecule has 2 N–H and O–H groups in total. The van der Waals surface area contributed by atoms with E-state index in [9.17, 15) is 15.0 Å². The Hall–Kier alpha value is -3.01. The first-order valence-electron chi connectivity index (χ1n) is 11.0. The topological polar surface area (TPSA) is 99.0 Å². The van der Waals surface area contributed by atoms with Crippen molar-refractivity contribution in [1.82, 2.24) is 14.9 Å². The minimum absolute atomic E-state index is 0.107. The number of ether oxygens (including phenoxy) is 1. The molecule has 0 radical (unpaired) electrons. The zero-order valence-corrected chi connectivity index (χ0v) is 19.1. The van der Waals surface area contributed by atoms with Gasteiger partial charge < -0.3 is 24.7 Å². The Morgan fingerprint density at radius 3 is 2.61 bits per heavy atom. The van der Waals surface area contributed by atoms with Crippen molar-refractivity contribution in [2.75, 3.05) is 44.3 Å². The number of piperidine rings is 1. The fraction of sp³-hybridized carbons (Fsp3) is 0.375. The number of carbonyl (C=O) groups excluding carboxylic acids is 1. The zero-order chi connectivity index (χ0) is 23.0. The van der Waals surface area contributed by atoms with Gasteiger partial charge in [-0.15, -0.1) is 11.3 Å². The Balaban J connectivity index is 1.56. The summed E-state index contributed by atoms with van der Waals surface area (Å²) < 4.78 is 6.45. The van der Waals surface area contributed by atoms with Gasteiger partial charge in [-0.1, -0.05) is 18.7 Å². The van der Waals surface area contributed by atoms with Crippen molar-refractivity contribution in [2.24, 2.45) is 0 Å². The number of carbonyl (C=O) groups is 1. The molecule has 2 aliphatic rings. The maximum Gasteiger partial charge on any atom is 0.245 e. The van der Waals surface area contributed by atoms with Gasteiger partial charge in [0.2, 0.25) is 5.91 Å². The Morgan fingerprint density at radius 1 is 1.15 bits per heavy atom. The number of aromatic hydroxyl groups is 1. The molecule has 1 aromatic carbocycles.